The Morgan fingerprint density at radius 3 is 2.81 bits per heavy atom. The summed E-state index contributed by atoms with van der Waals surface area (Å²) in [5.41, 5.74) is 2.21. The Labute approximate surface area is 168 Å². The van der Waals surface area contributed by atoms with Gasteiger partial charge >= 0.3 is 0 Å². The predicted molar refractivity (Wildman–Crippen MR) is 117 cm³/mol. The molecule has 0 spiro atoms. The summed E-state index contributed by atoms with van der Waals surface area (Å²) >= 11 is 8.56. The quantitative estimate of drug-likeness (QED) is 0.716. The van der Waals surface area contributed by atoms with E-state index in [0.717, 1.165) is 21.0 Å². The second-order valence-corrected chi connectivity index (χ2v) is 9.45. The molecular formula is C19H25N3OS3. The maximum Gasteiger partial charge on any atom is 0.236 e. The second-order valence-electron chi connectivity index (χ2n) is 6.81. The van der Waals surface area contributed by atoms with Crippen molar-refractivity contribution >= 4 is 60.9 Å². The number of aryl methyl sites for hydroxylation is 1. The highest BCUT2D eigenvalue weighted by Crippen LogP contribution is 2.28. The van der Waals surface area contributed by atoms with Crippen molar-refractivity contribution in [3.63, 3.8) is 0 Å². The number of hydrogen-bond donors (Lipinski definition) is 1. The molecule has 4 nitrogen and oxygen atoms in total. The number of amides is 1. The minimum Gasteiger partial charge on any atom is -0.352 e. The number of anilines is 1. The number of thioether (sulfide) groups is 1. The molecule has 1 aromatic carbocycles. The molecule has 2 heterocycles. The molecule has 1 fully saturated rings. The average Bonchev–Trinajstić information content (AvgIpc) is 3.00. The van der Waals surface area contributed by atoms with Gasteiger partial charge < -0.3 is 10.2 Å². The molecule has 2 atom stereocenters. The number of thiocarbonyl (C=S) groups is 1. The van der Waals surface area contributed by atoms with Crippen molar-refractivity contribution in [3.05, 3.63) is 23.8 Å². The molecule has 0 unspecified atom stereocenters. The summed E-state index contributed by atoms with van der Waals surface area (Å²) < 4.78 is 1.94. The van der Waals surface area contributed by atoms with Crippen LogP contribution in [0.1, 0.15) is 45.6 Å². The lowest BCUT2D eigenvalue weighted by Crippen LogP contribution is -2.45. The van der Waals surface area contributed by atoms with E-state index in [0.29, 0.717) is 23.0 Å². The summed E-state index contributed by atoms with van der Waals surface area (Å²) in [5, 5.41) is 3.58. The van der Waals surface area contributed by atoms with Gasteiger partial charge in [-0.1, -0.05) is 48.3 Å². The Kier molecular flexibility index (Phi) is 6.53. The van der Waals surface area contributed by atoms with Gasteiger partial charge in [-0.15, -0.1) is 0 Å². The molecule has 140 valence electrons. The van der Waals surface area contributed by atoms with Crippen LogP contribution in [0.3, 0.4) is 0 Å². The third kappa shape index (κ3) is 4.56. The fraction of sp³-hybridized carbons (Fsp3) is 0.526. The van der Waals surface area contributed by atoms with Gasteiger partial charge in [0.05, 0.1) is 16.0 Å². The van der Waals surface area contributed by atoms with Gasteiger partial charge in [0.2, 0.25) is 5.91 Å². The summed E-state index contributed by atoms with van der Waals surface area (Å²) in [7, 11) is 0. The summed E-state index contributed by atoms with van der Waals surface area (Å²) in [6, 6.07) is 7.16. The van der Waals surface area contributed by atoms with Crippen molar-refractivity contribution in [2.75, 3.05) is 11.1 Å². The van der Waals surface area contributed by atoms with Crippen LogP contribution in [0.4, 0.5) is 5.13 Å². The van der Waals surface area contributed by atoms with Crippen molar-refractivity contribution < 1.29 is 4.79 Å². The SMILES string of the molecule is CCc1ccc2nc(NC(=O)CSC(=S)N3[C@H](C)CCC[C@@H]3C)sc2c1. The van der Waals surface area contributed by atoms with Crippen LogP contribution in [-0.4, -0.2) is 37.9 Å². The summed E-state index contributed by atoms with van der Waals surface area (Å²) in [6.45, 7) is 6.57. The van der Waals surface area contributed by atoms with E-state index in [1.165, 1.54) is 47.9 Å². The van der Waals surface area contributed by atoms with E-state index in [1.54, 1.807) is 0 Å². The Bertz CT molecular complexity index is 794. The van der Waals surface area contributed by atoms with Crippen LogP contribution >= 0.6 is 35.3 Å². The lowest BCUT2D eigenvalue weighted by molar-refractivity contribution is -0.113. The molecular weight excluding hydrogens is 382 g/mol. The van der Waals surface area contributed by atoms with Crippen LogP contribution in [0.2, 0.25) is 0 Å². The first kappa shape index (κ1) is 19.6. The maximum atomic E-state index is 12.3. The van der Waals surface area contributed by atoms with Crippen molar-refractivity contribution in [1.82, 2.24) is 9.88 Å². The number of fused-ring (bicyclic) bond motifs is 1. The number of hydrogen-bond acceptors (Lipinski definition) is 5. The van der Waals surface area contributed by atoms with E-state index < -0.39 is 0 Å². The number of benzene rings is 1. The maximum absolute atomic E-state index is 12.3. The van der Waals surface area contributed by atoms with E-state index in [1.807, 2.05) is 6.07 Å². The topological polar surface area (TPSA) is 45.2 Å². The Balaban J connectivity index is 1.56. The lowest BCUT2D eigenvalue weighted by Gasteiger charge is -2.40. The van der Waals surface area contributed by atoms with E-state index in [-0.39, 0.29) is 5.91 Å². The van der Waals surface area contributed by atoms with Gasteiger partial charge in [-0.3, -0.25) is 4.79 Å². The second kappa shape index (κ2) is 8.67. The molecule has 0 bridgehead atoms. The Morgan fingerprint density at radius 2 is 2.12 bits per heavy atom. The molecule has 1 saturated heterocycles. The summed E-state index contributed by atoms with van der Waals surface area (Å²) in [6.07, 6.45) is 4.59. The van der Waals surface area contributed by atoms with Crippen LogP contribution < -0.4 is 5.32 Å². The first-order chi connectivity index (χ1) is 12.5. The van der Waals surface area contributed by atoms with Crippen LogP contribution in [0.15, 0.2) is 18.2 Å². The Hall–Kier alpha value is -1.18. The molecule has 26 heavy (non-hydrogen) atoms. The van der Waals surface area contributed by atoms with Gasteiger partial charge in [-0.05, 0) is 57.2 Å². The normalized spacial score (nSPS) is 20.3. The van der Waals surface area contributed by atoms with E-state index in [4.69, 9.17) is 12.2 Å². The van der Waals surface area contributed by atoms with E-state index >= 15 is 0 Å². The van der Waals surface area contributed by atoms with Gasteiger partial charge in [-0.2, -0.15) is 0 Å². The zero-order chi connectivity index (χ0) is 18.7. The molecule has 1 aliphatic heterocycles. The summed E-state index contributed by atoms with van der Waals surface area (Å²) in [4.78, 5) is 19.1. The van der Waals surface area contributed by atoms with Crippen molar-refractivity contribution in [2.24, 2.45) is 0 Å². The third-order valence-electron chi connectivity index (χ3n) is 4.84. The van der Waals surface area contributed by atoms with Crippen LogP contribution in [-0.2, 0) is 11.2 Å². The minimum absolute atomic E-state index is 0.0514. The van der Waals surface area contributed by atoms with Crippen LogP contribution in [0, 0.1) is 0 Å². The zero-order valence-electron chi connectivity index (χ0n) is 15.4. The van der Waals surface area contributed by atoms with Crippen molar-refractivity contribution in [3.8, 4) is 0 Å². The number of piperidine rings is 1. The largest absolute Gasteiger partial charge is 0.352 e. The number of nitrogens with one attached hydrogen (secondary N) is 1. The number of likely N-dealkylation sites (tertiary alicyclic amines) is 1. The predicted octanol–water partition coefficient (Wildman–Crippen LogP) is 5.08. The lowest BCUT2D eigenvalue weighted by atomic mass is 9.99. The third-order valence-corrected chi connectivity index (χ3v) is 7.20. The molecule has 3 rings (SSSR count). The number of carbonyl (C=O) groups is 1. The van der Waals surface area contributed by atoms with E-state index in [2.05, 4.69) is 48.1 Å². The fourth-order valence-corrected chi connectivity index (χ4v) is 5.70. The monoisotopic (exact) mass is 407 g/mol. The molecule has 1 aromatic heterocycles. The van der Waals surface area contributed by atoms with Gasteiger partial charge in [-0.25, -0.2) is 4.98 Å². The van der Waals surface area contributed by atoms with Gasteiger partial charge in [0, 0.05) is 12.1 Å². The van der Waals surface area contributed by atoms with Crippen molar-refractivity contribution in [2.45, 2.75) is 58.5 Å². The smallest absolute Gasteiger partial charge is 0.236 e. The highest BCUT2D eigenvalue weighted by molar-refractivity contribution is 8.23. The van der Waals surface area contributed by atoms with Gasteiger partial charge in [0.25, 0.3) is 0 Å². The molecule has 1 amide bonds. The highest BCUT2D eigenvalue weighted by Gasteiger charge is 2.27. The van der Waals surface area contributed by atoms with Crippen LogP contribution in [0.25, 0.3) is 10.2 Å². The minimum atomic E-state index is -0.0514. The van der Waals surface area contributed by atoms with E-state index in [9.17, 15) is 4.79 Å². The van der Waals surface area contributed by atoms with Crippen molar-refractivity contribution in [1.29, 1.82) is 0 Å². The average molecular weight is 408 g/mol. The molecule has 7 heteroatoms. The fourth-order valence-electron chi connectivity index (χ4n) is 3.38. The number of rotatable bonds is 4. The molecule has 0 radical (unpaired) electrons. The zero-order valence-corrected chi connectivity index (χ0v) is 17.9. The number of aromatic nitrogens is 1. The number of thiazole rings is 1. The van der Waals surface area contributed by atoms with Crippen LogP contribution in [0.5, 0.6) is 0 Å². The van der Waals surface area contributed by atoms with Gasteiger partial charge in [0.15, 0.2) is 5.13 Å². The molecule has 0 saturated carbocycles. The Morgan fingerprint density at radius 1 is 1.38 bits per heavy atom. The molecule has 1 aliphatic rings. The van der Waals surface area contributed by atoms with Gasteiger partial charge in [0.1, 0.15) is 4.32 Å². The highest BCUT2D eigenvalue weighted by atomic mass is 32.2. The molecule has 0 aliphatic carbocycles. The first-order valence-electron chi connectivity index (χ1n) is 9.12. The summed E-state index contributed by atoms with van der Waals surface area (Å²) in [5.74, 6) is 0.273. The first-order valence-corrected chi connectivity index (χ1v) is 11.3. The standard InChI is InChI=1S/C19H25N3OS3/c1-4-14-8-9-15-16(10-14)26-18(20-15)21-17(23)11-25-19(24)22-12(2)6-5-7-13(22)3/h8-10,12-13H,4-7,11H2,1-3H3,(H,20,21,23)/t12-,13+. The molecule has 2 aromatic rings. The number of nitrogens with zero attached hydrogens (tertiary/aromatic N) is 2. The molecule has 1 N–H and O–H groups in total. The number of carbonyl (C=O) groups excluding carboxylic acids is 1.